The van der Waals surface area contributed by atoms with Crippen molar-refractivity contribution >= 4 is 31.6 Å². The van der Waals surface area contributed by atoms with Crippen LogP contribution in [0.4, 0.5) is 18.9 Å². The zero-order valence-corrected chi connectivity index (χ0v) is 9.95. The van der Waals surface area contributed by atoms with Gasteiger partial charge in [-0.3, -0.25) is 0 Å². The molecule has 4 nitrogen and oxygen atoms in total. The van der Waals surface area contributed by atoms with Crippen LogP contribution in [-0.4, -0.2) is 8.42 Å². The number of hydrogen-bond donors (Lipinski definition) is 2. The van der Waals surface area contributed by atoms with Crippen LogP contribution in [0.5, 0.6) is 0 Å². The molecule has 0 heterocycles. The van der Waals surface area contributed by atoms with Gasteiger partial charge in [0.1, 0.15) is 0 Å². The summed E-state index contributed by atoms with van der Waals surface area (Å²) in [5.74, 6) is 0. The average Bonchev–Trinajstić information content (AvgIpc) is 2.05. The van der Waals surface area contributed by atoms with E-state index in [9.17, 15) is 21.6 Å². The van der Waals surface area contributed by atoms with Gasteiger partial charge in [-0.1, -0.05) is 0 Å². The predicted octanol–water partition coefficient (Wildman–Crippen LogP) is 1.70. The molecule has 0 radical (unpaired) electrons. The van der Waals surface area contributed by atoms with E-state index < -0.39 is 26.7 Å². The van der Waals surface area contributed by atoms with E-state index in [2.05, 4.69) is 21.1 Å². The molecule has 0 aliphatic rings. The van der Waals surface area contributed by atoms with Gasteiger partial charge in [0.2, 0.25) is 10.0 Å². The fraction of sp³-hybridized carbons (Fsp3) is 0.143. The van der Waals surface area contributed by atoms with Crippen molar-refractivity contribution in [3.63, 3.8) is 0 Å². The van der Waals surface area contributed by atoms with Crippen LogP contribution in [0, 0.1) is 0 Å². The first-order chi connectivity index (χ1) is 7.03. The highest BCUT2D eigenvalue weighted by molar-refractivity contribution is 9.10. The average molecular weight is 319 g/mol. The topological polar surface area (TPSA) is 86.2 Å². The second-order valence-corrected chi connectivity index (χ2v) is 5.30. The highest BCUT2D eigenvalue weighted by Crippen LogP contribution is 2.37. The van der Waals surface area contributed by atoms with E-state index in [1.807, 2.05) is 0 Å². The van der Waals surface area contributed by atoms with Crippen molar-refractivity contribution in [1.29, 1.82) is 0 Å². The van der Waals surface area contributed by atoms with Crippen molar-refractivity contribution in [2.45, 2.75) is 11.1 Å². The summed E-state index contributed by atoms with van der Waals surface area (Å²) in [6.45, 7) is 0. The molecule has 0 unspecified atom stereocenters. The first-order valence-corrected chi connectivity index (χ1v) is 6.06. The molecule has 1 rings (SSSR count). The Morgan fingerprint density at radius 3 is 2.12 bits per heavy atom. The summed E-state index contributed by atoms with van der Waals surface area (Å²) in [5, 5.41) is 4.68. The second-order valence-electron chi connectivity index (χ2n) is 2.91. The zero-order chi connectivity index (χ0) is 12.7. The molecule has 16 heavy (non-hydrogen) atoms. The number of nitrogen functional groups attached to an aromatic ring is 1. The third-order valence-corrected chi connectivity index (χ3v) is 3.35. The van der Waals surface area contributed by atoms with E-state index in [0.717, 1.165) is 6.07 Å². The van der Waals surface area contributed by atoms with Crippen LogP contribution in [-0.2, 0) is 16.2 Å². The number of sulfonamides is 1. The van der Waals surface area contributed by atoms with Gasteiger partial charge in [0.15, 0.2) is 0 Å². The van der Waals surface area contributed by atoms with Crippen LogP contribution >= 0.6 is 15.9 Å². The quantitative estimate of drug-likeness (QED) is 0.773. The van der Waals surface area contributed by atoms with Crippen LogP contribution in [0.15, 0.2) is 21.5 Å². The molecule has 0 spiro atoms. The highest BCUT2D eigenvalue weighted by atomic mass is 79.9. The summed E-state index contributed by atoms with van der Waals surface area (Å²) < 4.78 is 59.5. The maximum atomic E-state index is 12.5. The number of alkyl halides is 3. The molecule has 0 aliphatic carbocycles. The Hall–Kier alpha value is -0.800. The molecule has 90 valence electrons. The smallest absolute Gasteiger partial charge is 0.398 e. The van der Waals surface area contributed by atoms with Gasteiger partial charge in [0.05, 0.1) is 10.5 Å². The van der Waals surface area contributed by atoms with Crippen molar-refractivity contribution in [1.82, 2.24) is 0 Å². The number of halogens is 4. The van der Waals surface area contributed by atoms with Crippen LogP contribution in [0.1, 0.15) is 5.56 Å². The molecule has 1 aromatic rings. The van der Waals surface area contributed by atoms with E-state index >= 15 is 0 Å². The normalized spacial score (nSPS) is 12.8. The number of benzene rings is 1. The minimum atomic E-state index is -4.84. The molecule has 0 aromatic heterocycles. The van der Waals surface area contributed by atoms with Crippen molar-refractivity contribution in [2.75, 3.05) is 5.73 Å². The van der Waals surface area contributed by atoms with Crippen molar-refractivity contribution in [3.8, 4) is 0 Å². The standard InChI is InChI=1S/C7H6BrF3N2O2S/c8-4-2-6(16(13,14)15)3(1-5(4)12)7(9,10)11/h1-2H,12H2,(H2,13,14,15). The molecule has 0 aliphatic heterocycles. The number of hydrogen-bond acceptors (Lipinski definition) is 3. The van der Waals surface area contributed by atoms with E-state index in [4.69, 9.17) is 5.73 Å². The summed E-state index contributed by atoms with van der Waals surface area (Å²) in [5.41, 5.74) is 3.65. The lowest BCUT2D eigenvalue weighted by Gasteiger charge is -2.13. The molecule has 4 N–H and O–H groups in total. The molecule has 9 heteroatoms. The van der Waals surface area contributed by atoms with Crippen LogP contribution in [0.3, 0.4) is 0 Å². The lowest BCUT2D eigenvalue weighted by molar-refractivity contribution is -0.139. The molecule has 0 bridgehead atoms. The Kier molecular flexibility index (Phi) is 3.23. The number of anilines is 1. The zero-order valence-electron chi connectivity index (χ0n) is 7.55. The first kappa shape index (κ1) is 13.3. The lowest BCUT2D eigenvalue weighted by atomic mass is 10.2. The molecular weight excluding hydrogens is 313 g/mol. The third-order valence-electron chi connectivity index (χ3n) is 1.71. The van der Waals surface area contributed by atoms with Gasteiger partial charge in [0, 0.05) is 10.2 Å². The van der Waals surface area contributed by atoms with E-state index in [0.29, 0.717) is 6.07 Å². The summed E-state index contributed by atoms with van der Waals surface area (Å²) in [7, 11) is -4.46. The van der Waals surface area contributed by atoms with Crippen LogP contribution in [0.25, 0.3) is 0 Å². The predicted molar refractivity (Wildman–Crippen MR) is 54.9 cm³/mol. The van der Waals surface area contributed by atoms with E-state index in [-0.39, 0.29) is 10.2 Å². The number of nitrogens with two attached hydrogens (primary N) is 2. The molecule has 0 saturated carbocycles. The van der Waals surface area contributed by atoms with Crippen LogP contribution < -0.4 is 10.9 Å². The Morgan fingerprint density at radius 1 is 1.25 bits per heavy atom. The number of primary sulfonamides is 1. The summed E-state index contributed by atoms with van der Waals surface area (Å²) in [6, 6.07) is 1.25. The SMILES string of the molecule is Nc1cc(C(F)(F)F)c(S(N)(=O)=O)cc1Br. The Morgan fingerprint density at radius 2 is 1.75 bits per heavy atom. The lowest BCUT2D eigenvalue weighted by Crippen LogP contribution is -2.19. The van der Waals surface area contributed by atoms with Gasteiger partial charge in [0.25, 0.3) is 0 Å². The monoisotopic (exact) mass is 318 g/mol. The highest BCUT2D eigenvalue weighted by Gasteiger charge is 2.37. The van der Waals surface area contributed by atoms with Gasteiger partial charge in [-0.25, -0.2) is 13.6 Å². The molecule has 0 amide bonds. The Balaban J connectivity index is 3.66. The molecular formula is C7H6BrF3N2O2S. The van der Waals surface area contributed by atoms with Crippen molar-refractivity contribution in [3.05, 3.63) is 22.2 Å². The summed E-state index contributed by atoms with van der Waals surface area (Å²) in [4.78, 5) is -1.01. The fourth-order valence-corrected chi connectivity index (χ4v) is 2.29. The van der Waals surface area contributed by atoms with E-state index in [1.165, 1.54) is 0 Å². The fourth-order valence-electron chi connectivity index (χ4n) is 1.03. The van der Waals surface area contributed by atoms with Crippen molar-refractivity contribution < 1.29 is 21.6 Å². The maximum Gasteiger partial charge on any atom is 0.417 e. The molecule has 0 fully saturated rings. The Bertz CT molecular complexity index is 527. The molecule has 0 saturated heterocycles. The number of rotatable bonds is 1. The van der Waals surface area contributed by atoms with Crippen molar-refractivity contribution in [2.24, 2.45) is 5.14 Å². The minimum absolute atomic E-state index is 0.0320. The molecule has 1 aromatic carbocycles. The summed E-state index contributed by atoms with van der Waals surface area (Å²) in [6.07, 6.45) is -4.84. The van der Waals surface area contributed by atoms with Gasteiger partial charge in [-0.15, -0.1) is 0 Å². The molecule has 0 atom stereocenters. The van der Waals surface area contributed by atoms with Gasteiger partial charge in [-0.2, -0.15) is 13.2 Å². The second kappa shape index (κ2) is 3.90. The van der Waals surface area contributed by atoms with E-state index in [1.54, 1.807) is 0 Å². The van der Waals surface area contributed by atoms with Crippen LogP contribution in [0.2, 0.25) is 0 Å². The largest absolute Gasteiger partial charge is 0.417 e. The van der Waals surface area contributed by atoms with Gasteiger partial charge in [-0.05, 0) is 28.1 Å². The summed E-state index contributed by atoms with van der Waals surface area (Å²) >= 11 is 2.83. The van der Waals surface area contributed by atoms with Gasteiger partial charge >= 0.3 is 6.18 Å². The maximum absolute atomic E-state index is 12.5. The first-order valence-electron chi connectivity index (χ1n) is 3.72. The Labute approximate surface area is 97.6 Å². The van der Waals surface area contributed by atoms with Gasteiger partial charge < -0.3 is 5.73 Å². The third kappa shape index (κ3) is 2.66. The minimum Gasteiger partial charge on any atom is -0.398 e.